The van der Waals surface area contributed by atoms with E-state index in [-0.39, 0.29) is 24.6 Å². The van der Waals surface area contributed by atoms with Crippen LogP contribution in [0.1, 0.15) is 19.8 Å². The number of piperazine rings is 1. The first-order valence-electron chi connectivity index (χ1n) is 8.27. The lowest BCUT2D eigenvalue weighted by atomic mass is 10.3. The molecule has 1 aromatic rings. The van der Waals surface area contributed by atoms with E-state index in [9.17, 15) is 9.59 Å². The van der Waals surface area contributed by atoms with Crippen molar-refractivity contribution in [3.8, 4) is 5.75 Å². The lowest BCUT2D eigenvalue weighted by Crippen LogP contribution is -2.55. The van der Waals surface area contributed by atoms with Crippen LogP contribution in [-0.2, 0) is 4.79 Å². The standard InChI is InChI=1S/C17H22ClN3O3/c1-12(24-15-6-2-13(18)3-7-15)10-19-17(23)20-8-9-21(14-4-5-14)16(22)11-20/h2-3,6-7,12,14H,4-5,8-11H2,1H3,(H,19,23)/t12-/m0/s1. The number of urea groups is 1. The second-order valence-corrected chi connectivity index (χ2v) is 6.74. The Morgan fingerprint density at radius 3 is 2.67 bits per heavy atom. The van der Waals surface area contributed by atoms with Crippen LogP contribution in [-0.4, -0.2) is 60.1 Å². The van der Waals surface area contributed by atoms with E-state index in [1.165, 1.54) is 0 Å². The maximum Gasteiger partial charge on any atom is 0.318 e. The van der Waals surface area contributed by atoms with Crippen LogP contribution in [0.25, 0.3) is 0 Å². The molecule has 2 aliphatic rings. The van der Waals surface area contributed by atoms with E-state index in [2.05, 4.69) is 5.32 Å². The van der Waals surface area contributed by atoms with Crippen molar-refractivity contribution in [1.82, 2.24) is 15.1 Å². The Bertz CT molecular complexity index is 604. The van der Waals surface area contributed by atoms with Crippen molar-refractivity contribution in [3.05, 3.63) is 29.3 Å². The highest BCUT2D eigenvalue weighted by Crippen LogP contribution is 2.28. The monoisotopic (exact) mass is 351 g/mol. The summed E-state index contributed by atoms with van der Waals surface area (Å²) in [5.41, 5.74) is 0. The molecular weight excluding hydrogens is 330 g/mol. The summed E-state index contributed by atoms with van der Waals surface area (Å²) in [4.78, 5) is 27.7. The number of carbonyl (C=O) groups excluding carboxylic acids is 2. The molecule has 1 saturated carbocycles. The summed E-state index contributed by atoms with van der Waals surface area (Å²) in [5, 5.41) is 3.48. The minimum atomic E-state index is -0.217. The van der Waals surface area contributed by atoms with Crippen molar-refractivity contribution in [2.75, 3.05) is 26.2 Å². The van der Waals surface area contributed by atoms with Crippen molar-refractivity contribution in [2.45, 2.75) is 31.9 Å². The second kappa shape index (κ2) is 7.30. The van der Waals surface area contributed by atoms with Gasteiger partial charge >= 0.3 is 6.03 Å². The minimum absolute atomic E-state index is 0.0457. The third kappa shape index (κ3) is 4.32. The van der Waals surface area contributed by atoms with E-state index in [0.717, 1.165) is 12.8 Å². The molecule has 130 valence electrons. The molecule has 1 aliphatic heterocycles. The van der Waals surface area contributed by atoms with Crippen LogP contribution in [0.2, 0.25) is 5.02 Å². The molecule has 0 unspecified atom stereocenters. The smallest absolute Gasteiger partial charge is 0.318 e. The lowest BCUT2D eigenvalue weighted by molar-refractivity contribution is -0.135. The molecule has 24 heavy (non-hydrogen) atoms. The average Bonchev–Trinajstić information content (AvgIpc) is 3.39. The molecule has 1 aliphatic carbocycles. The molecular formula is C17H22ClN3O3. The molecule has 3 amide bonds. The third-order valence-electron chi connectivity index (χ3n) is 4.22. The maximum absolute atomic E-state index is 12.2. The number of nitrogens with zero attached hydrogens (tertiary/aromatic N) is 2. The SMILES string of the molecule is C[C@@H](CNC(=O)N1CCN(C2CC2)C(=O)C1)Oc1ccc(Cl)cc1. The summed E-state index contributed by atoms with van der Waals surface area (Å²) in [7, 11) is 0. The van der Waals surface area contributed by atoms with Gasteiger partial charge in [-0.1, -0.05) is 11.6 Å². The number of carbonyl (C=O) groups is 2. The van der Waals surface area contributed by atoms with Gasteiger partial charge < -0.3 is 19.9 Å². The Labute approximate surface area is 146 Å². The van der Waals surface area contributed by atoms with Crippen molar-refractivity contribution in [1.29, 1.82) is 0 Å². The topological polar surface area (TPSA) is 61.9 Å². The minimum Gasteiger partial charge on any atom is -0.489 e. The molecule has 0 spiro atoms. The Kier molecular flexibility index (Phi) is 5.14. The van der Waals surface area contributed by atoms with Gasteiger partial charge in [0.05, 0.1) is 6.54 Å². The highest BCUT2D eigenvalue weighted by atomic mass is 35.5. The van der Waals surface area contributed by atoms with Crippen LogP contribution in [0.4, 0.5) is 4.79 Å². The molecule has 0 radical (unpaired) electrons. The normalized spacial score (nSPS) is 19.2. The van der Waals surface area contributed by atoms with Crippen LogP contribution in [0.3, 0.4) is 0 Å². The first-order chi connectivity index (χ1) is 11.5. The van der Waals surface area contributed by atoms with E-state index in [1.807, 2.05) is 11.8 Å². The van der Waals surface area contributed by atoms with Gasteiger partial charge in [-0.2, -0.15) is 0 Å². The van der Waals surface area contributed by atoms with Crippen molar-refractivity contribution in [2.24, 2.45) is 0 Å². The molecule has 7 heteroatoms. The van der Waals surface area contributed by atoms with Crippen LogP contribution >= 0.6 is 11.6 Å². The predicted molar refractivity (Wildman–Crippen MR) is 91.2 cm³/mol. The molecule has 2 fully saturated rings. The highest BCUT2D eigenvalue weighted by molar-refractivity contribution is 6.30. The molecule has 0 bridgehead atoms. The quantitative estimate of drug-likeness (QED) is 0.884. The Balaban J connectivity index is 1.41. The first-order valence-corrected chi connectivity index (χ1v) is 8.65. The molecule has 1 aromatic carbocycles. The number of nitrogens with one attached hydrogen (secondary N) is 1. The highest BCUT2D eigenvalue weighted by Gasteiger charge is 2.36. The second-order valence-electron chi connectivity index (χ2n) is 6.31. The Hall–Kier alpha value is -1.95. The van der Waals surface area contributed by atoms with Gasteiger partial charge in [0.25, 0.3) is 0 Å². The van der Waals surface area contributed by atoms with Gasteiger partial charge in [-0.3, -0.25) is 4.79 Å². The molecule has 3 rings (SSSR count). The Morgan fingerprint density at radius 2 is 2.04 bits per heavy atom. The molecule has 1 N–H and O–H groups in total. The molecule has 1 heterocycles. The summed E-state index contributed by atoms with van der Waals surface area (Å²) in [6.45, 7) is 3.63. The lowest BCUT2D eigenvalue weighted by Gasteiger charge is -2.34. The first kappa shape index (κ1) is 16.9. The number of benzene rings is 1. The molecule has 0 aromatic heterocycles. The summed E-state index contributed by atoms with van der Waals surface area (Å²) >= 11 is 5.83. The number of amides is 3. The van der Waals surface area contributed by atoms with E-state index in [0.29, 0.717) is 36.4 Å². The van der Waals surface area contributed by atoms with Crippen molar-refractivity contribution in [3.63, 3.8) is 0 Å². The van der Waals surface area contributed by atoms with E-state index < -0.39 is 0 Å². The number of ether oxygens (including phenoxy) is 1. The zero-order chi connectivity index (χ0) is 17.1. The van der Waals surface area contributed by atoms with E-state index in [4.69, 9.17) is 16.3 Å². The zero-order valence-electron chi connectivity index (χ0n) is 13.7. The van der Waals surface area contributed by atoms with E-state index in [1.54, 1.807) is 29.2 Å². The van der Waals surface area contributed by atoms with Gasteiger partial charge in [-0.05, 0) is 44.0 Å². The molecule has 1 atom stereocenters. The number of hydrogen-bond donors (Lipinski definition) is 1. The van der Waals surface area contributed by atoms with Gasteiger partial charge in [0, 0.05) is 24.2 Å². The fourth-order valence-corrected chi connectivity index (χ4v) is 2.89. The van der Waals surface area contributed by atoms with Crippen molar-refractivity contribution >= 4 is 23.5 Å². The zero-order valence-corrected chi connectivity index (χ0v) is 14.5. The van der Waals surface area contributed by atoms with Crippen LogP contribution in [0, 0.1) is 0 Å². The molecule has 1 saturated heterocycles. The van der Waals surface area contributed by atoms with Gasteiger partial charge in [0.1, 0.15) is 18.4 Å². The number of hydrogen-bond acceptors (Lipinski definition) is 3. The fraction of sp³-hybridized carbons (Fsp3) is 0.529. The summed E-state index contributed by atoms with van der Waals surface area (Å²) in [6, 6.07) is 7.29. The predicted octanol–water partition coefficient (Wildman–Crippen LogP) is 2.12. The molecule has 6 nitrogen and oxygen atoms in total. The number of rotatable bonds is 5. The summed E-state index contributed by atoms with van der Waals surface area (Å²) in [5.74, 6) is 0.749. The Morgan fingerprint density at radius 1 is 1.33 bits per heavy atom. The average molecular weight is 352 g/mol. The third-order valence-corrected chi connectivity index (χ3v) is 4.48. The fourth-order valence-electron chi connectivity index (χ4n) is 2.76. The van der Waals surface area contributed by atoms with Gasteiger partial charge in [-0.15, -0.1) is 0 Å². The summed E-state index contributed by atoms with van der Waals surface area (Å²) < 4.78 is 5.72. The number of halogens is 1. The van der Waals surface area contributed by atoms with Crippen molar-refractivity contribution < 1.29 is 14.3 Å². The van der Waals surface area contributed by atoms with Gasteiger partial charge in [0.15, 0.2) is 0 Å². The van der Waals surface area contributed by atoms with E-state index >= 15 is 0 Å². The maximum atomic E-state index is 12.2. The summed E-state index contributed by atoms with van der Waals surface area (Å²) in [6.07, 6.45) is 2.01. The van der Waals surface area contributed by atoms with Gasteiger partial charge in [0.2, 0.25) is 5.91 Å². The van der Waals surface area contributed by atoms with Gasteiger partial charge in [-0.25, -0.2) is 4.79 Å². The largest absolute Gasteiger partial charge is 0.489 e. The van der Waals surface area contributed by atoms with Crippen LogP contribution in [0.5, 0.6) is 5.75 Å². The van der Waals surface area contributed by atoms with Crippen LogP contribution in [0.15, 0.2) is 24.3 Å². The van der Waals surface area contributed by atoms with Crippen LogP contribution < -0.4 is 10.1 Å².